The van der Waals surface area contributed by atoms with Gasteiger partial charge < -0.3 is 19.7 Å². The van der Waals surface area contributed by atoms with Crippen molar-refractivity contribution < 1.29 is 33.7 Å². The second-order valence-corrected chi connectivity index (χ2v) is 8.72. The Morgan fingerprint density at radius 2 is 1.62 bits per heavy atom. The van der Waals surface area contributed by atoms with Crippen molar-refractivity contribution in [2.75, 3.05) is 4.90 Å². The van der Waals surface area contributed by atoms with E-state index in [9.17, 15) is 19.1 Å². The number of benzene rings is 3. The molecule has 0 saturated carbocycles. The van der Waals surface area contributed by atoms with Gasteiger partial charge in [-0.15, -0.1) is 0 Å². The largest absolute Gasteiger partial charge is 0.490 e. The Balaban J connectivity index is 1.94. The molecule has 7 nitrogen and oxygen atoms in total. The number of ether oxygens (including phenoxy) is 2. The predicted molar refractivity (Wildman–Crippen MR) is 125 cm³/mol. The molecule has 0 fully saturated rings. The number of aliphatic hydroxyl groups is 1. The molecule has 4 rings (SSSR count). The summed E-state index contributed by atoms with van der Waals surface area (Å²) in [4.78, 5) is 25.7. The first-order chi connectivity index (χ1) is 16.1. The molecule has 1 atom stereocenters. The number of rotatable bonds is 7. The molecule has 1 aliphatic rings. The zero-order chi connectivity index (χ0) is 24.7. The van der Waals surface area contributed by atoms with E-state index in [0.29, 0.717) is 22.3 Å². The molecular weight excluding hydrogens is 441 g/mol. The lowest BCUT2D eigenvalue weighted by atomic mass is 9.98. The Labute approximate surface area is 196 Å². The average Bonchev–Trinajstić information content (AvgIpc) is 3.01. The Bertz CT molecular complexity index is 1290. The number of fused-ring (bicyclic) bond motifs is 2. The molecule has 34 heavy (non-hydrogen) atoms. The highest BCUT2D eigenvalue weighted by Crippen LogP contribution is 2.50. The molecule has 178 valence electrons. The molecule has 8 heteroatoms. The van der Waals surface area contributed by atoms with Gasteiger partial charge in [-0.25, -0.2) is 4.39 Å². The monoisotopic (exact) mass is 467 g/mol. The molecule has 3 aromatic carbocycles. The molecule has 0 aromatic heterocycles. The maximum Gasteiger partial charge on any atom is 0.307 e. The summed E-state index contributed by atoms with van der Waals surface area (Å²) in [5.74, 6) is -1.83. The van der Waals surface area contributed by atoms with Gasteiger partial charge in [-0.05, 0) is 45.4 Å². The van der Waals surface area contributed by atoms with Crippen LogP contribution < -0.4 is 14.4 Å². The fourth-order valence-electron chi connectivity index (χ4n) is 4.19. The number of nitrogens with zero attached hydrogens (tertiary/aromatic N) is 1. The van der Waals surface area contributed by atoms with Crippen LogP contribution in [0.25, 0.3) is 10.8 Å². The molecule has 3 aromatic rings. The summed E-state index contributed by atoms with van der Waals surface area (Å²) in [6, 6.07) is 11.1. The summed E-state index contributed by atoms with van der Waals surface area (Å²) in [6.07, 6.45) is -2.45. The van der Waals surface area contributed by atoms with Crippen molar-refractivity contribution in [3.8, 4) is 11.5 Å². The number of carbonyl (C=O) groups is 2. The highest BCUT2D eigenvalue weighted by molar-refractivity contribution is 6.17. The van der Waals surface area contributed by atoms with E-state index < -0.39 is 30.3 Å². The molecule has 1 unspecified atom stereocenters. The summed E-state index contributed by atoms with van der Waals surface area (Å²) in [6.45, 7) is 7.36. The lowest BCUT2D eigenvalue weighted by molar-refractivity contribution is -0.136. The van der Waals surface area contributed by atoms with E-state index in [1.807, 2.05) is 52.0 Å². The second kappa shape index (κ2) is 8.95. The van der Waals surface area contributed by atoms with Crippen molar-refractivity contribution in [2.45, 2.75) is 52.6 Å². The summed E-state index contributed by atoms with van der Waals surface area (Å²) >= 11 is 0. The fourth-order valence-corrected chi connectivity index (χ4v) is 4.19. The van der Waals surface area contributed by atoms with Crippen molar-refractivity contribution in [2.24, 2.45) is 0 Å². The Kier molecular flexibility index (Phi) is 6.18. The number of anilines is 1. The van der Waals surface area contributed by atoms with Crippen LogP contribution in [0.15, 0.2) is 42.5 Å². The zero-order valence-electron chi connectivity index (χ0n) is 19.3. The summed E-state index contributed by atoms with van der Waals surface area (Å²) in [5.41, 5.74) is 0.484. The highest BCUT2D eigenvalue weighted by Gasteiger charge is 2.43. The van der Waals surface area contributed by atoms with E-state index in [1.165, 1.54) is 12.1 Å². The number of hydrogen-bond donors (Lipinski definition) is 2. The molecule has 2 N–H and O–H groups in total. The number of hydrogen-bond acceptors (Lipinski definition) is 5. The first-order valence-electron chi connectivity index (χ1n) is 11.0. The lowest BCUT2D eigenvalue weighted by Crippen LogP contribution is -2.28. The van der Waals surface area contributed by atoms with E-state index >= 15 is 0 Å². The van der Waals surface area contributed by atoms with Gasteiger partial charge in [-0.1, -0.05) is 30.3 Å². The lowest BCUT2D eigenvalue weighted by Gasteiger charge is -2.23. The Hall–Kier alpha value is -3.65. The van der Waals surface area contributed by atoms with Gasteiger partial charge in [-0.3, -0.25) is 14.5 Å². The molecule has 0 radical (unpaired) electrons. The highest BCUT2D eigenvalue weighted by atomic mass is 19.1. The van der Waals surface area contributed by atoms with E-state index in [1.54, 1.807) is 0 Å². The first-order valence-corrected chi connectivity index (χ1v) is 11.0. The first kappa shape index (κ1) is 23.5. The topological polar surface area (TPSA) is 96.3 Å². The third-order valence-electron chi connectivity index (χ3n) is 5.46. The van der Waals surface area contributed by atoms with Crippen molar-refractivity contribution in [3.05, 3.63) is 65.0 Å². The number of amides is 1. The smallest absolute Gasteiger partial charge is 0.307 e. The van der Waals surface area contributed by atoms with E-state index in [-0.39, 0.29) is 34.6 Å². The van der Waals surface area contributed by atoms with Gasteiger partial charge in [0.05, 0.1) is 29.8 Å². The quantitative estimate of drug-likeness (QED) is 0.517. The van der Waals surface area contributed by atoms with Crippen LogP contribution in [0.3, 0.4) is 0 Å². The minimum absolute atomic E-state index is 0.0201. The Morgan fingerprint density at radius 1 is 1.03 bits per heavy atom. The van der Waals surface area contributed by atoms with Gasteiger partial charge in [-0.2, -0.15) is 0 Å². The van der Waals surface area contributed by atoms with Gasteiger partial charge in [0.1, 0.15) is 17.3 Å². The number of aliphatic carboxylic acids is 1. The summed E-state index contributed by atoms with van der Waals surface area (Å²) in [7, 11) is 0. The Morgan fingerprint density at radius 3 is 2.18 bits per heavy atom. The number of carboxylic acid groups (broad SMARTS) is 1. The molecule has 0 aliphatic carbocycles. The van der Waals surface area contributed by atoms with Crippen LogP contribution in [0, 0.1) is 5.82 Å². The molecule has 1 heterocycles. The second-order valence-electron chi connectivity index (χ2n) is 8.72. The third kappa shape index (κ3) is 4.05. The van der Waals surface area contributed by atoms with Crippen LogP contribution in [0.1, 0.15) is 55.4 Å². The van der Waals surface area contributed by atoms with Gasteiger partial charge in [0.15, 0.2) is 6.23 Å². The minimum Gasteiger partial charge on any atom is -0.490 e. The number of halogens is 1. The molecule has 0 bridgehead atoms. The van der Waals surface area contributed by atoms with Gasteiger partial charge >= 0.3 is 5.97 Å². The molecule has 0 spiro atoms. The van der Waals surface area contributed by atoms with Crippen LogP contribution in [-0.4, -0.2) is 34.3 Å². The maximum atomic E-state index is 14.6. The third-order valence-corrected chi connectivity index (χ3v) is 5.46. The van der Waals surface area contributed by atoms with E-state index in [2.05, 4.69) is 0 Å². The number of aliphatic hydroxyl groups excluding tert-OH is 1. The van der Waals surface area contributed by atoms with Gasteiger partial charge in [0, 0.05) is 16.5 Å². The zero-order valence-corrected chi connectivity index (χ0v) is 19.3. The van der Waals surface area contributed by atoms with Crippen molar-refractivity contribution in [1.29, 1.82) is 0 Å². The van der Waals surface area contributed by atoms with Crippen molar-refractivity contribution in [1.82, 2.24) is 0 Å². The average molecular weight is 467 g/mol. The molecule has 0 saturated heterocycles. The fraction of sp³-hybridized carbons (Fsp3) is 0.308. The van der Waals surface area contributed by atoms with Crippen LogP contribution in [0.5, 0.6) is 11.5 Å². The van der Waals surface area contributed by atoms with E-state index in [4.69, 9.17) is 14.6 Å². The van der Waals surface area contributed by atoms with Crippen LogP contribution in [0.4, 0.5) is 10.1 Å². The molecule has 1 amide bonds. The van der Waals surface area contributed by atoms with Crippen LogP contribution >= 0.6 is 0 Å². The number of carboxylic acids is 1. The van der Waals surface area contributed by atoms with Gasteiger partial charge in [0.25, 0.3) is 5.91 Å². The van der Waals surface area contributed by atoms with E-state index in [0.717, 1.165) is 11.0 Å². The normalized spacial score (nSPS) is 15.4. The van der Waals surface area contributed by atoms with Crippen molar-refractivity contribution in [3.63, 3.8) is 0 Å². The SMILES string of the molecule is CC(C)Oc1c2c(c(OC(C)C)c3ccccc13)C(O)N(c1ccc(CC(=O)O)c(F)c1)C2=O. The molecule has 1 aliphatic heterocycles. The van der Waals surface area contributed by atoms with Crippen molar-refractivity contribution >= 4 is 28.3 Å². The standard InChI is InChI=1S/C26H26FNO6/c1-13(2)33-23-17-7-5-6-8-18(17)24(34-14(3)4)22-21(23)25(31)28(26(22)32)16-10-9-15(11-20(29)30)19(27)12-16/h5-10,12-14,25,31H,11H2,1-4H3,(H,29,30). The minimum atomic E-state index is -1.46. The maximum absolute atomic E-state index is 14.6. The van der Waals surface area contributed by atoms with Crippen LogP contribution in [-0.2, 0) is 11.2 Å². The summed E-state index contributed by atoms with van der Waals surface area (Å²) < 4.78 is 26.8. The van der Waals surface area contributed by atoms with Crippen LogP contribution in [0.2, 0.25) is 0 Å². The molecular formula is C26H26FNO6. The number of carbonyl (C=O) groups excluding carboxylic acids is 1. The van der Waals surface area contributed by atoms with Gasteiger partial charge in [0.2, 0.25) is 0 Å². The summed E-state index contributed by atoms with van der Waals surface area (Å²) in [5, 5.41) is 21.7. The predicted octanol–water partition coefficient (Wildman–Crippen LogP) is 4.83.